The molecule has 0 spiro atoms. The van der Waals surface area contributed by atoms with E-state index in [2.05, 4.69) is 6.92 Å². The van der Waals surface area contributed by atoms with Gasteiger partial charge in [-0.1, -0.05) is 12.5 Å². The van der Waals surface area contributed by atoms with Gasteiger partial charge in [0.25, 0.3) is 0 Å². The molecule has 14 heavy (non-hydrogen) atoms. The van der Waals surface area contributed by atoms with Crippen LogP contribution in [-0.4, -0.2) is 47.3 Å². The number of aliphatic hydroxyl groups is 1. The molecule has 0 radical (unpaired) electrons. The maximum Gasteiger partial charge on any atom is 0.328 e. The standard InChI is InChI=1S/C10H19NO3/c1-3-4-11(5-6-12)8-9(2)7-10(13)14/h7,12H,3-6,8H2,1-2H3,(H,13,14). The van der Waals surface area contributed by atoms with Crippen molar-refractivity contribution in [2.75, 3.05) is 26.2 Å². The fourth-order valence-corrected chi connectivity index (χ4v) is 1.34. The molecule has 0 atom stereocenters. The molecule has 4 nitrogen and oxygen atoms in total. The molecule has 4 heteroatoms. The van der Waals surface area contributed by atoms with Crippen LogP contribution in [0.2, 0.25) is 0 Å². The van der Waals surface area contributed by atoms with Crippen LogP contribution in [0.4, 0.5) is 0 Å². The Morgan fingerprint density at radius 3 is 2.50 bits per heavy atom. The van der Waals surface area contributed by atoms with Gasteiger partial charge in [-0.05, 0) is 19.9 Å². The Kier molecular flexibility index (Phi) is 7.06. The van der Waals surface area contributed by atoms with E-state index in [-0.39, 0.29) is 6.61 Å². The summed E-state index contributed by atoms with van der Waals surface area (Å²) in [6.07, 6.45) is 2.21. The van der Waals surface area contributed by atoms with Crippen molar-refractivity contribution in [3.8, 4) is 0 Å². The van der Waals surface area contributed by atoms with Gasteiger partial charge >= 0.3 is 5.97 Å². The highest BCUT2D eigenvalue weighted by atomic mass is 16.4. The Bertz CT molecular complexity index is 196. The average Bonchev–Trinajstić information content (AvgIpc) is 2.03. The molecular formula is C10H19NO3. The lowest BCUT2D eigenvalue weighted by Gasteiger charge is -2.20. The van der Waals surface area contributed by atoms with Gasteiger partial charge in [-0.2, -0.15) is 0 Å². The lowest BCUT2D eigenvalue weighted by molar-refractivity contribution is -0.131. The van der Waals surface area contributed by atoms with E-state index in [1.165, 1.54) is 6.08 Å². The highest BCUT2D eigenvalue weighted by Gasteiger charge is 2.04. The summed E-state index contributed by atoms with van der Waals surface area (Å²) >= 11 is 0. The SMILES string of the molecule is CCCN(CCO)CC(C)=CC(=O)O. The summed E-state index contributed by atoms with van der Waals surface area (Å²) in [7, 11) is 0. The molecule has 0 unspecified atom stereocenters. The first kappa shape index (κ1) is 13.1. The lowest BCUT2D eigenvalue weighted by atomic mass is 10.2. The van der Waals surface area contributed by atoms with E-state index >= 15 is 0 Å². The quantitative estimate of drug-likeness (QED) is 0.596. The van der Waals surface area contributed by atoms with Gasteiger partial charge in [0.15, 0.2) is 0 Å². The molecule has 0 aliphatic heterocycles. The van der Waals surface area contributed by atoms with Gasteiger partial charge in [0, 0.05) is 19.2 Å². The summed E-state index contributed by atoms with van der Waals surface area (Å²) in [5.74, 6) is -0.914. The number of carbonyl (C=O) groups is 1. The van der Waals surface area contributed by atoms with E-state index in [9.17, 15) is 4.79 Å². The second-order valence-electron chi connectivity index (χ2n) is 3.33. The van der Waals surface area contributed by atoms with Crippen molar-refractivity contribution in [3.63, 3.8) is 0 Å². The molecule has 0 rings (SSSR count). The van der Waals surface area contributed by atoms with Crippen LogP contribution in [0.1, 0.15) is 20.3 Å². The number of hydrogen-bond donors (Lipinski definition) is 2. The minimum atomic E-state index is -0.914. The molecule has 0 fully saturated rings. The number of carboxylic acid groups (broad SMARTS) is 1. The third kappa shape index (κ3) is 6.62. The van der Waals surface area contributed by atoms with Crippen molar-refractivity contribution in [2.24, 2.45) is 0 Å². The van der Waals surface area contributed by atoms with E-state index in [0.717, 1.165) is 18.5 Å². The van der Waals surface area contributed by atoms with Gasteiger partial charge in [0.1, 0.15) is 0 Å². The minimum absolute atomic E-state index is 0.111. The molecule has 0 saturated carbocycles. The van der Waals surface area contributed by atoms with Gasteiger partial charge < -0.3 is 10.2 Å². The van der Waals surface area contributed by atoms with Crippen LogP contribution in [0.25, 0.3) is 0 Å². The summed E-state index contributed by atoms with van der Waals surface area (Å²) in [5, 5.41) is 17.3. The third-order valence-corrected chi connectivity index (χ3v) is 1.80. The molecule has 0 aromatic carbocycles. The molecule has 0 amide bonds. The van der Waals surface area contributed by atoms with Gasteiger partial charge in [-0.3, -0.25) is 4.90 Å². The third-order valence-electron chi connectivity index (χ3n) is 1.80. The molecule has 82 valence electrons. The maximum atomic E-state index is 10.4. The van der Waals surface area contributed by atoms with Gasteiger partial charge in [-0.25, -0.2) is 4.79 Å². The Balaban J connectivity index is 4.07. The number of aliphatic hydroxyl groups excluding tert-OH is 1. The fraction of sp³-hybridized carbons (Fsp3) is 0.700. The Hall–Kier alpha value is -0.870. The molecule has 0 aliphatic rings. The van der Waals surface area contributed by atoms with Crippen LogP contribution in [-0.2, 0) is 4.79 Å². The van der Waals surface area contributed by atoms with Crippen molar-refractivity contribution in [1.29, 1.82) is 0 Å². The molecule has 2 N–H and O–H groups in total. The fourth-order valence-electron chi connectivity index (χ4n) is 1.34. The highest BCUT2D eigenvalue weighted by molar-refractivity contribution is 5.80. The van der Waals surface area contributed by atoms with Crippen LogP contribution in [0.3, 0.4) is 0 Å². The number of hydrogen-bond acceptors (Lipinski definition) is 3. The van der Waals surface area contributed by atoms with Crippen molar-refractivity contribution < 1.29 is 15.0 Å². The highest BCUT2D eigenvalue weighted by Crippen LogP contribution is 1.99. The van der Waals surface area contributed by atoms with Crippen LogP contribution in [0.15, 0.2) is 11.6 Å². The van der Waals surface area contributed by atoms with E-state index in [4.69, 9.17) is 10.2 Å². The second kappa shape index (κ2) is 7.53. The summed E-state index contributed by atoms with van der Waals surface area (Å²) < 4.78 is 0. The Labute approximate surface area is 84.8 Å². The summed E-state index contributed by atoms with van der Waals surface area (Å²) in [4.78, 5) is 12.4. The first-order valence-electron chi connectivity index (χ1n) is 4.83. The zero-order valence-electron chi connectivity index (χ0n) is 8.86. The summed E-state index contributed by atoms with van der Waals surface area (Å²) in [6, 6.07) is 0. The van der Waals surface area contributed by atoms with Gasteiger partial charge in [0.05, 0.1) is 6.61 Å². The number of carboxylic acids is 1. The van der Waals surface area contributed by atoms with Crippen molar-refractivity contribution in [3.05, 3.63) is 11.6 Å². The predicted octanol–water partition coefficient (Wildman–Crippen LogP) is 0.722. The topological polar surface area (TPSA) is 60.8 Å². The zero-order chi connectivity index (χ0) is 11.0. The molecule has 0 heterocycles. The molecule has 0 aromatic heterocycles. The van der Waals surface area contributed by atoms with Crippen LogP contribution in [0, 0.1) is 0 Å². The molecular weight excluding hydrogens is 182 g/mol. The summed E-state index contributed by atoms with van der Waals surface area (Å²) in [6.45, 7) is 6.04. The minimum Gasteiger partial charge on any atom is -0.478 e. The van der Waals surface area contributed by atoms with E-state index < -0.39 is 5.97 Å². The largest absolute Gasteiger partial charge is 0.478 e. The zero-order valence-corrected chi connectivity index (χ0v) is 8.86. The predicted molar refractivity (Wildman–Crippen MR) is 55.2 cm³/mol. The first-order chi connectivity index (χ1) is 6.60. The second-order valence-corrected chi connectivity index (χ2v) is 3.33. The molecule has 0 aliphatic carbocycles. The monoisotopic (exact) mass is 201 g/mol. The summed E-state index contributed by atoms with van der Waals surface area (Å²) in [5.41, 5.74) is 0.805. The van der Waals surface area contributed by atoms with E-state index in [1.807, 2.05) is 4.90 Å². The first-order valence-corrected chi connectivity index (χ1v) is 4.83. The molecule has 0 saturated heterocycles. The van der Waals surface area contributed by atoms with Crippen molar-refractivity contribution >= 4 is 5.97 Å². The normalized spacial score (nSPS) is 12.1. The van der Waals surface area contributed by atoms with Crippen LogP contribution < -0.4 is 0 Å². The molecule has 0 aromatic rings. The Morgan fingerprint density at radius 2 is 2.07 bits per heavy atom. The smallest absolute Gasteiger partial charge is 0.328 e. The van der Waals surface area contributed by atoms with E-state index in [1.54, 1.807) is 6.92 Å². The number of nitrogens with zero attached hydrogens (tertiary/aromatic N) is 1. The molecule has 0 bridgehead atoms. The van der Waals surface area contributed by atoms with Crippen LogP contribution >= 0.6 is 0 Å². The van der Waals surface area contributed by atoms with E-state index in [0.29, 0.717) is 13.1 Å². The van der Waals surface area contributed by atoms with Gasteiger partial charge in [-0.15, -0.1) is 0 Å². The maximum absolute atomic E-state index is 10.4. The van der Waals surface area contributed by atoms with Crippen molar-refractivity contribution in [1.82, 2.24) is 4.90 Å². The average molecular weight is 201 g/mol. The van der Waals surface area contributed by atoms with Crippen LogP contribution in [0.5, 0.6) is 0 Å². The van der Waals surface area contributed by atoms with Gasteiger partial charge in [0.2, 0.25) is 0 Å². The number of aliphatic carboxylic acids is 1. The lowest BCUT2D eigenvalue weighted by Crippen LogP contribution is -2.29. The Morgan fingerprint density at radius 1 is 1.43 bits per heavy atom. The van der Waals surface area contributed by atoms with Crippen molar-refractivity contribution in [2.45, 2.75) is 20.3 Å². The number of rotatable bonds is 7.